The van der Waals surface area contributed by atoms with Crippen LogP contribution in [0, 0.1) is 11.8 Å². The summed E-state index contributed by atoms with van der Waals surface area (Å²) in [4.78, 5) is 135. The van der Waals surface area contributed by atoms with Gasteiger partial charge in [-0.3, -0.25) is 48.2 Å². The van der Waals surface area contributed by atoms with Crippen molar-refractivity contribution in [1.82, 2.24) is 31.1 Å². The standard InChI is InChI=1S/2C35H45N3O8/c2*1-22(36-32(42)28-16-17-38(28)33(43)46-34(2,3)4)29(39)20-25(18-24-12-14-26(44-6)15-13-24)31(41)37-27(30(40)35(5)21-45-35)19-23-10-8-7-9-11-23/h2*7-15,22,25,27-28H,16-21H2,1-6H3,(H,36,42)(H,37,41)/t22-,25+,27-,28+,35+;22-,25+,27-,28-,35+/m00/s1. The van der Waals surface area contributed by atoms with Gasteiger partial charge in [-0.2, -0.15) is 0 Å². The van der Waals surface area contributed by atoms with Crippen molar-refractivity contribution < 1.29 is 76.4 Å². The normalized spacial score (nSPS) is 20.7. The zero-order valence-corrected chi connectivity index (χ0v) is 54.9. The molecule has 0 saturated carbocycles. The maximum Gasteiger partial charge on any atom is 0.410 e. The van der Waals surface area contributed by atoms with Gasteiger partial charge in [0.05, 0.1) is 51.6 Å². The summed E-state index contributed by atoms with van der Waals surface area (Å²) in [6.45, 7) is 18.3. The maximum absolute atomic E-state index is 13.9. The molecular weight excluding hydrogens is 1180 g/mol. The van der Waals surface area contributed by atoms with Crippen LogP contribution in [0.1, 0.15) is 117 Å². The second-order valence-electron chi connectivity index (χ2n) is 26.5. The second-order valence-corrected chi connectivity index (χ2v) is 26.5. The predicted octanol–water partition coefficient (Wildman–Crippen LogP) is 6.83. The summed E-state index contributed by atoms with van der Waals surface area (Å²) < 4.78 is 32.1. The molecule has 4 aliphatic rings. The molecule has 22 heteroatoms. The van der Waals surface area contributed by atoms with Crippen LogP contribution >= 0.6 is 0 Å². The summed E-state index contributed by atoms with van der Waals surface area (Å²) >= 11 is 0. The number of nitrogens with one attached hydrogen (secondary N) is 4. The number of nitrogens with zero attached hydrogens (tertiary/aromatic N) is 2. The molecule has 0 aromatic heterocycles. The Morgan fingerprint density at radius 1 is 0.489 bits per heavy atom. The predicted molar refractivity (Wildman–Crippen MR) is 340 cm³/mol. The Bertz CT molecular complexity index is 3050. The van der Waals surface area contributed by atoms with Gasteiger partial charge >= 0.3 is 12.2 Å². The first kappa shape index (κ1) is 70.9. The summed E-state index contributed by atoms with van der Waals surface area (Å²) in [6.07, 6.45) is 0.361. The average Bonchev–Trinajstić information content (AvgIpc) is 1.64. The molecule has 4 fully saturated rings. The number of Topliss-reactive ketones (excluding diaryl/α,β-unsaturated/α-hetero) is 4. The van der Waals surface area contributed by atoms with Crippen molar-refractivity contribution in [1.29, 1.82) is 0 Å². The fourth-order valence-corrected chi connectivity index (χ4v) is 10.6. The van der Waals surface area contributed by atoms with E-state index in [1.807, 2.05) is 84.9 Å². The van der Waals surface area contributed by atoms with E-state index in [2.05, 4.69) is 21.3 Å². The Labute approximate surface area is 538 Å². The van der Waals surface area contributed by atoms with Crippen LogP contribution in [0.3, 0.4) is 0 Å². The summed E-state index contributed by atoms with van der Waals surface area (Å²) in [7, 11) is 3.12. The average molecular weight is 1270 g/mol. The Morgan fingerprint density at radius 2 is 0.804 bits per heavy atom. The highest BCUT2D eigenvalue weighted by Crippen LogP contribution is 2.32. The lowest BCUT2D eigenvalue weighted by atomic mass is 9.89. The van der Waals surface area contributed by atoms with Crippen LogP contribution < -0.4 is 30.7 Å². The van der Waals surface area contributed by atoms with Crippen molar-refractivity contribution in [3.63, 3.8) is 0 Å². The number of rotatable bonds is 28. The molecule has 22 nitrogen and oxygen atoms in total. The molecule has 4 aromatic rings. The molecule has 4 aliphatic heterocycles. The minimum Gasteiger partial charge on any atom is -0.497 e. The van der Waals surface area contributed by atoms with E-state index >= 15 is 0 Å². The van der Waals surface area contributed by atoms with Gasteiger partial charge in [0, 0.05) is 37.8 Å². The molecule has 4 aromatic carbocycles. The van der Waals surface area contributed by atoms with E-state index in [0.717, 1.165) is 22.3 Å². The topological polar surface area (TPSA) is 287 Å². The number of ether oxygens (including phenoxy) is 6. The van der Waals surface area contributed by atoms with Gasteiger partial charge in [-0.25, -0.2) is 9.59 Å². The molecule has 6 amide bonds. The van der Waals surface area contributed by atoms with E-state index in [4.69, 9.17) is 28.4 Å². The van der Waals surface area contributed by atoms with E-state index in [1.54, 1.807) is 108 Å². The highest BCUT2D eigenvalue weighted by atomic mass is 16.6. The van der Waals surface area contributed by atoms with Gasteiger partial charge in [0.15, 0.2) is 23.1 Å². The van der Waals surface area contributed by atoms with Gasteiger partial charge in [0.1, 0.15) is 46.0 Å². The molecule has 496 valence electrons. The molecule has 10 atom stereocenters. The quantitative estimate of drug-likeness (QED) is 0.0424. The fourth-order valence-electron chi connectivity index (χ4n) is 10.6. The number of hydrogen-bond acceptors (Lipinski definition) is 16. The van der Waals surface area contributed by atoms with Crippen LogP contribution in [0.25, 0.3) is 0 Å². The molecular formula is C70H90N6O16. The third-order valence-electron chi connectivity index (χ3n) is 16.5. The van der Waals surface area contributed by atoms with Crippen LogP contribution in [0.2, 0.25) is 0 Å². The van der Waals surface area contributed by atoms with E-state index in [9.17, 15) is 47.9 Å². The van der Waals surface area contributed by atoms with Crippen molar-refractivity contribution in [3.8, 4) is 11.5 Å². The van der Waals surface area contributed by atoms with Crippen molar-refractivity contribution in [2.75, 3.05) is 40.5 Å². The number of methoxy groups -OCH3 is 2. The van der Waals surface area contributed by atoms with E-state index < -0.39 is 106 Å². The van der Waals surface area contributed by atoms with Gasteiger partial charge in [-0.15, -0.1) is 0 Å². The van der Waals surface area contributed by atoms with Gasteiger partial charge in [-0.1, -0.05) is 84.9 Å². The molecule has 0 spiro atoms. The van der Waals surface area contributed by atoms with Crippen LogP contribution in [0.5, 0.6) is 11.5 Å². The lowest BCUT2D eigenvalue weighted by Crippen LogP contribution is -2.60. The summed E-state index contributed by atoms with van der Waals surface area (Å²) in [5, 5.41) is 11.3. The Morgan fingerprint density at radius 3 is 1.08 bits per heavy atom. The molecule has 4 saturated heterocycles. The van der Waals surface area contributed by atoms with Crippen molar-refractivity contribution >= 4 is 58.9 Å². The largest absolute Gasteiger partial charge is 0.497 e. The van der Waals surface area contributed by atoms with E-state index in [0.29, 0.717) is 37.4 Å². The minimum absolute atomic E-state index is 0.181. The first-order valence-corrected chi connectivity index (χ1v) is 31.3. The zero-order valence-electron chi connectivity index (χ0n) is 54.9. The first-order chi connectivity index (χ1) is 43.4. The molecule has 0 bridgehead atoms. The van der Waals surface area contributed by atoms with Gasteiger partial charge in [0.25, 0.3) is 0 Å². The molecule has 92 heavy (non-hydrogen) atoms. The highest BCUT2D eigenvalue weighted by Gasteiger charge is 2.52. The summed E-state index contributed by atoms with van der Waals surface area (Å²) in [6, 6.07) is 28.1. The summed E-state index contributed by atoms with van der Waals surface area (Å²) in [5.41, 5.74) is 0.0348. The maximum atomic E-state index is 13.9. The number of carbonyl (C=O) groups is 10. The fraction of sp³-hybridized carbons (Fsp3) is 0.514. The Kier molecular flexibility index (Phi) is 23.7. The molecule has 0 unspecified atom stereocenters. The van der Waals surface area contributed by atoms with E-state index in [-0.39, 0.29) is 74.9 Å². The third-order valence-corrected chi connectivity index (χ3v) is 16.5. The lowest BCUT2D eigenvalue weighted by molar-refractivity contribution is -0.136. The van der Waals surface area contributed by atoms with Crippen LogP contribution in [-0.4, -0.2) is 168 Å². The number of epoxide rings is 2. The molecule has 8 rings (SSSR count). The number of ketones is 4. The van der Waals surface area contributed by atoms with Crippen molar-refractivity contribution in [3.05, 3.63) is 131 Å². The number of likely N-dealkylation sites (tertiary alicyclic amines) is 2. The van der Waals surface area contributed by atoms with Gasteiger partial charge in [-0.05, 0) is 154 Å². The van der Waals surface area contributed by atoms with Crippen LogP contribution in [0.4, 0.5) is 9.59 Å². The first-order valence-electron chi connectivity index (χ1n) is 31.3. The number of hydrogen-bond donors (Lipinski definition) is 4. The smallest absolute Gasteiger partial charge is 0.410 e. The number of amides is 6. The zero-order chi connectivity index (χ0) is 67.3. The highest BCUT2D eigenvalue weighted by molar-refractivity contribution is 6.00. The second kappa shape index (κ2) is 30.7. The number of carbonyl (C=O) groups excluding carboxylic acids is 10. The molecule has 4 N–H and O–H groups in total. The van der Waals surface area contributed by atoms with Gasteiger partial charge in [0.2, 0.25) is 23.6 Å². The monoisotopic (exact) mass is 1270 g/mol. The van der Waals surface area contributed by atoms with Crippen LogP contribution in [0.15, 0.2) is 109 Å². The van der Waals surface area contributed by atoms with Gasteiger partial charge < -0.3 is 49.7 Å². The molecule has 0 aliphatic carbocycles. The van der Waals surface area contributed by atoms with Crippen molar-refractivity contribution in [2.45, 2.75) is 179 Å². The van der Waals surface area contributed by atoms with Crippen molar-refractivity contribution in [2.24, 2.45) is 11.8 Å². The molecule has 4 heterocycles. The third kappa shape index (κ3) is 20.2. The summed E-state index contributed by atoms with van der Waals surface area (Å²) in [5.74, 6) is -3.33. The van der Waals surface area contributed by atoms with Crippen LogP contribution in [-0.2, 0) is 83.0 Å². The lowest BCUT2D eigenvalue weighted by Gasteiger charge is -2.40. The Hall–Kier alpha value is -8.50. The number of benzene rings is 4. The Balaban J connectivity index is 0.000000261. The SMILES string of the molecule is COc1ccc(C[C@H](CC(=O)[C@H](C)NC(=O)[C@@H]2CCN2C(=O)OC(C)(C)C)C(=O)N[C@@H](Cc2ccccc2)C(=O)[C@@]2(C)CO2)cc1.COc1ccc(C[C@H](CC(=O)[C@H](C)NC(=O)[C@H]2CCN2C(=O)OC(C)(C)C)C(=O)N[C@@H](Cc2ccccc2)C(=O)[C@@]2(C)CO2)cc1. The minimum atomic E-state index is -0.957. The molecule has 0 radical (unpaired) electrons. The van der Waals surface area contributed by atoms with E-state index in [1.165, 1.54) is 9.80 Å².